The monoisotopic (exact) mass is 277 g/mol. The van der Waals surface area contributed by atoms with Crippen LogP contribution in [0.2, 0.25) is 0 Å². The van der Waals surface area contributed by atoms with Gasteiger partial charge in [0.05, 0.1) is 12.6 Å². The highest BCUT2D eigenvalue weighted by Gasteiger charge is 2.24. The third-order valence-electron chi connectivity index (χ3n) is 2.74. The molecule has 17 heavy (non-hydrogen) atoms. The summed E-state index contributed by atoms with van der Waals surface area (Å²) in [7, 11) is 1.96. The first kappa shape index (κ1) is 16.0. The van der Waals surface area contributed by atoms with Gasteiger partial charge in [-0.2, -0.15) is 0 Å². The van der Waals surface area contributed by atoms with Crippen LogP contribution in [0.15, 0.2) is 24.3 Å². The molecule has 1 aliphatic heterocycles. The van der Waals surface area contributed by atoms with E-state index in [1.54, 1.807) is 0 Å². The van der Waals surface area contributed by atoms with Crippen molar-refractivity contribution in [3.63, 3.8) is 0 Å². The smallest absolute Gasteiger partial charge is 0.234 e. The SMILES string of the molecule is CN1CC(=O)NC[C@@H]1c1ccc(N)cc1.Cl.Cl. The fraction of sp³-hybridized carbons (Fsp3) is 0.364. The number of hydrogen-bond acceptors (Lipinski definition) is 3. The molecule has 4 nitrogen and oxygen atoms in total. The summed E-state index contributed by atoms with van der Waals surface area (Å²) in [6.07, 6.45) is 0. The average molecular weight is 278 g/mol. The number of halogens is 2. The molecule has 2 rings (SSSR count). The van der Waals surface area contributed by atoms with E-state index in [-0.39, 0.29) is 36.8 Å². The maximum atomic E-state index is 11.1. The number of nitrogens with two attached hydrogens (primary N) is 1. The summed E-state index contributed by atoms with van der Waals surface area (Å²) in [6.45, 7) is 1.12. The van der Waals surface area contributed by atoms with E-state index in [2.05, 4.69) is 5.32 Å². The number of carbonyl (C=O) groups is 1. The van der Waals surface area contributed by atoms with Gasteiger partial charge in [-0.05, 0) is 24.7 Å². The van der Waals surface area contributed by atoms with Crippen molar-refractivity contribution < 1.29 is 4.79 Å². The van der Waals surface area contributed by atoms with Gasteiger partial charge in [0.25, 0.3) is 0 Å². The van der Waals surface area contributed by atoms with Crippen LogP contribution in [-0.2, 0) is 4.79 Å². The summed E-state index contributed by atoms with van der Waals surface area (Å²) in [5.74, 6) is 0.0872. The van der Waals surface area contributed by atoms with Crippen LogP contribution in [0.25, 0.3) is 0 Å². The molecule has 0 spiro atoms. The molecule has 1 aliphatic rings. The summed E-state index contributed by atoms with van der Waals surface area (Å²) < 4.78 is 0. The van der Waals surface area contributed by atoms with Crippen LogP contribution >= 0.6 is 24.8 Å². The average Bonchev–Trinajstić information content (AvgIpc) is 2.20. The molecule has 0 saturated carbocycles. The lowest BCUT2D eigenvalue weighted by atomic mass is 10.0. The van der Waals surface area contributed by atoms with Crippen LogP contribution < -0.4 is 11.1 Å². The number of hydrogen-bond donors (Lipinski definition) is 2. The van der Waals surface area contributed by atoms with Crippen molar-refractivity contribution in [2.75, 3.05) is 25.9 Å². The minimum atomic E-state index is 0. The second-order valence-electron chi connectivity index (χ2n) is 3.90. The number of likely N-dealkylation sites (N-methyl/N-ethyl adjacent to an activating group) is 1. The third kappa shape index (κ3) is 3.77. The Morgan fingerprint density at radius 2 is 1.88 bits per heavy atom. The topological polar surface area (TPSA) is 58.4 Å². The van der Waals surface area contributed by atoms with Gasteiger partial charge in [0, 0.05) is 12.2 Å². The van der Waals surface area contributed by atoms with Crippen LogP contribution in [-0.4, -0.2) is 30.9 Å². The van der Waals surface area contributed by atoms with Crippen molar-refractivity contribution in [1.29, 1.82) is 0 Å². The number of nitrogen functional groups attached to an aromatic ring is 1. The van der Waals surface area contributed by atoms with E-state index in [9.17, 15) is 4.79 Å². The first-order valence-corrected chi connectivity index (χ1v) is 4.99. The van der Waals surface area contributed by atoms with E-state index < -0.39 is 0 Å². The molecule has 6 heteroatoms. The Labute approximate surface area is 113 Å². The number of carbonyl (C=O) groups excluding carboxylic acids is 1. The highest BCUT2D eigenvalue weighted by atomic mass is 35.5. The predicted octanol–water partition coefficient (Wildman–Crippen LogP) is 1.22. The van der Waals surface area contributed by atoms with Crippen LogP contribution in [0, 0.1) is 0 Å². The highest BCUT2D eigenvalue weighted by Crippen LogP contribution is 2.21. The molecule has 1 saturated heterocycles. The van der Waals surface area contributed by atoms with Crippen LogP contribution in [0.4, 0.5) is 5.69 Å². The van der Waals surface area contributed by atoms with E-state index in [1.165, 1.54) is 5.56 Å². The van der Waals surface area contributed by atoms with Gasteiger partial charge >= 0.3 is 0 Å². The van der Waals surface area contributed by atoms with Crippen molar-refractivity contribution in [2.24, 2.45) is 0 Å². The van der Waals surface area contributed by atoms with Gasteiger partial charge in [0.2, 0.25) is 5.91 Å². The van der Waals surface area contributed by atoms with Gasteiger partial charge in [0.15, 0.2) is 0 Å². The predicted molar refractivity (Wildman–Crippen MR) is 73.7 cm³/mol. The first-order valence-electron chi connectivity index (χ1n) is 4.99. The van der Waals surface area contributed by atoms with E-state index >= 15 is 0 Å². The van der Waals surface area contributed by atoms with Gasteiger partial charge in [-0.3, -0.25) is 9.69 Å². The second-order valence-corrected chi connectivity index (χ2v) is 3.90. The molecule has 0 bridgehead atoms. The Kier molecular flexibility index (Phi) is 6.31. The minimum absolute atomic E-state index is 0. The van der Waals surface area contributed by atoms with Gasteiger partial charge in [-0.15, -0.1) is 24.8 Å². The largest absolute Gasteiger partial charge is 0.399 e. The summed E-state index contributed by atoms with van der Waals surface area (Å²) in [4.78, 5) is 13.2. The van der Waals surface area contributed by atoms with Crippen molar-refractivity contribution in [2.45, 2.75) is 6.04 Å². The Bertz CT molecular complexity index is 369. The number of benzene rings is 1. The Balaban J connectivity index is 0.00000128. The molecule has 0 aromatic heterocycles. The number of rotatable bonds is 1. The molecule has 1 fully saturated rings. The molecule has 0 unspecified atom stereocenters. The number of nitrogens with zero attached hydrogens (tertiary/aromatic N) is 1. The molecule has 3 N–H and O–H groups in total. The van der Waals surface area contributed by atoms with E-state index in [0.717, 1.165) is 5.69 Å². The lowest BCUT2D eigenvalue weighted by Gasteiger charge is -2.32. The summed E-state index contributed by atoms with van der Waals surface area (Å²) >= 11 is 0. The third-order valence-corrected chi connectivity index (χ3v) is 2.74. The Hall–Kier alpha value is -0.970. The van der Waals surface area contributed by atoms with Gasteiger partial charge < -0.3 is 11.1 Å². The number of anilines is 1. The molecule has 1 aromatic rings. The van der Waals surface area contributed by atoms with E-state index in [1.807, 2.05) is 36.2 Å². The highest BCUT2D eigenvalue weighted by molar-refractivity contribution is 5.85. The maximum absolute atomic E-state index is 11.1. The van der Waals surface area contributed by atoms with Gasteiger partial charge in [0.1, 0.15) is 0 Å². The van der Waals surface area contributed by atoms with Gasteiger partial charge in [-0.1, -0.05) is 12.1 Å². The number of amides is 1. The van der Waals surface area contributed by atoms with Crippen molar-refractivity contribution in [3.8, 4) is 0 Å². The van der Waals surface area contributed by atoms with Crippen LogP contribution in [0.1, 0.15) is 11.6 Å². The molecular weight excluding hydrogens is 261 g/mol. The lowest BCUT2D eigenvalue weighted by Crippen LogP contribution is -2.47. The maximum Gasteiger partial charge on any atom is 0.234 e. The molecule has 1 amide bonds. The molecule has 96 valence electrons. The fourth-order valence-corrected chi connectivity index (χ4v) is 1.85. The van der Waals surface area contributed by atoms with Crippen LogP contribution in [0.3, 0.4) is 0 Å². The number of nitrogens with one attached hydrogen (secondary N) is 1. The van der Waals surface area contributed by atoms with Crippen molar-refractivity contribution >= 4 is 36.4 Å². The molecule has 0 radical (unpaired) electrons. The number of piperazine rings is 1. The summed E-state index contributed by atoms with van der Waals surface area (Å²) in [5.41, 5.74) is 7.58. The Morgan fingerprint density at radius 3 is 2.41 bits per heavy atom. The molecule has 1 aromatic carbocycles. The summed E-state index contributed by atoms with van der Waals surface area (Å²) in [5, 5.41) is 2.86. The zero-order valence-corrected chi connectivity index (χ0v) is 11.2. The second kappa shape index (κ2) is 6.69. The quantitative estimate of drug-likeness (QED) is 0.759. The normalized spacial score (nSPS) is 19.8. The lowest BCUT2D eigenvalue weighted by molar-refractivity contribution is -0.125. The fourth-order valence-electron chi connectivity index (χ4n) is 1.85. The first-order chi connectivity index (χ1) is 7.16. The standard InChI is InChI=1S/C11H15N3O.2ClH/c1-14-7-11(15)13-6-10(14)8-2-4-9(12)5-3-8;;/h2-5,10H,6-7,12H2,1H3,(H,13,15);2*1H/t10-;;/m1../s1. The van der Waals surface area contributed by atoms with Gasteiger partial charge in [-0.25, -0.2) is 0 Å². The Morgan fingerprint density at radius 1 is 1.29 bits per heavy atom. The van der Waals surface area contributed by atoms with Crippen molar-refractivity contribution in [3.05, 3.63) is 29.8 Å². The molecular formula is C11H17Cl2N3O. The molecule has 1 heterocycles. The van der Waals surface area contributed by atoms with Crippen LogP contribution in [0.5, 0.6) is 0 Å². The van der Waals surface area contributed by atoms with E-state index in [0.29, 0.717) is 13.1 Å². The molecule has 0 aliphatic carbocycles. The van der Waals surface area contributed by atoms with E-state index in [4.69, 9.17) is 5.73 Å². The zero-order valence-electron chi connectivity index (χ0n) is 9.55. The van der Waals surface area contributed by atoms with Crippen molar-refractivity contribution in [1.82, 2.24) is 10.2 Å². The summed E-state index contributed by atoms with van der Waals surface area (Å²) in [6, 6.07) is 8.05. The minimum Gasteiger partial charge on any atom is -0.399 e. The molecule has 1 atom stereocenters. The zero-order chi connectivity index (χ0) is 10.8.